The molecular weight excluding hydrogens is 957 g/mol. The molecule has 75 heavy (non-hydrogen) atoms. The number of methoxy groups -OCH3 is 1. The van der Waals surface area contributed by atoms with Gasteiger partial charge in [0, 0.05) is 93.0 Å². The number of aliphatic hydroxyl groups is 1. The quantitative estimate of drug-likeness (QED) is 0.0945. The first-order valence-corrected chi connectivity index (χ1v) is 25.6. The lowest BCUT2D eigenvalue weighted by atomic mass is 9.90. The molecule has 8 heterocycles. The Morgan fingerprint density at radius 1 is 0.920 bits per heavy atom. The van der Waals surface area contributed by atoms with Crippen LogP contribution >= 0.6 is 0 Å². The number of hydrogen-bond donors (Lipinski definition) is 4. The van der Waals surface area contributed by atoms with Crippen LogP contribution in [0, 0.1) is 5.41 Å². The minimum absolute atomic E-state index is 0.0572. The van der Waals surface area contributed by atoms with Crippen molar-refractivity contribution in [2.45, 2.75) is 90.6 Å². The molecule has 0 spiro atoms. The molecule has 5 aromatic rings. The Kier molecular flexibility index (Phi) is 12.7. The smallest absolute Gasteiger partial charge is 0.276 e. The molecule has 11 rings (SSSR count). The fraction of sp³-hybridized carbons (Fsp3) is 0.400. The van der Waals surface area contributed by atoms with E-state index in [0.29, 0.717) is 83.7 Å². The zero-order valence-electron chi connectivity index (χ0n) is 42.5. The predicted molar refractivity (Wildman–Crippen MR) is 280 cm³/mol. The van der Waals surface area contributed by atoms with Gasteiger partial charge in [0.15, 0.2) is 5.82 Å². The average molecular weight is 1020 g/mol. The predicted octanol–water partition coefficient (Wildman–Crippen LogP) is 5.08. The zero-order valence-corrected chi connectivity index (χ0v) is 42.5. The molecule has 3 fully saturated rings. The Bertz CT molecular complexity index is 3220. The van der Waals surface area contributed by atoms with Crippen molar-refractivity contribution in [3.05, 3.63) is 107 Å². The van der Waals surface area contributed by atoms with Gasteiger partial charge in [-0.25, -0.2) is 15.0 Å². The van der Waals surface area contributed by atoms with E-state index in [1.54, 1.807) is 35.5 Å². The number of ether oxygens (including phenoxy) is 1. The second kappa shape index (κ2) is 19.4. The number of anilines is 6. The summed E-state index contributed by atoms with van der Waals surface area (Å²) in [6, 6.07) is 14.0. The Morgan fingerprint density at radius 2 is 1.73 bits per heavy atom. The van der Waals surface area contributed by atoms with Crippen molar-refractivity contribution in [1.82, 2.24) is 34.6 Å². The van der Waals surface area contributed by atoms with Gasteiger partial charge in [-0.3, -0.25) is 48.8 Å². The van der Waals surface area contributed by atoms with Crippen LogP contribution in [0.5, 0.6) is 5.88 Å². The van der Waals surface area contributed by atoms with Crippen molar-refractivity contribution in [3.8, 4) is 17.1 Å². The third-order valence-corrected chi connectivity index (χ3v) is 15.7. The Morgan fingerprint density at radius 3 is 2.48 bits per heavy atom. The summed E-state index contributed by atoms with van der Waals surface area (Å²) in [4.78, 5) is 103. The van der Waals surface area contributed by atoms with Gasteiger partial charge in [-0.15, -0.1) is 0 Å². The van der Waals surface area contributed by atoms with Crippen LogP contribution in [0.25, 0.3) is 11.3 Å². The number of imide groups is 2. The minimum atomic E-state index is -1.03. The van der Waals surface area contributed by atoms with Gasteiger partial charge < -0.3 is 34.8 Å². The van der Waals surface area contributed by atoms with E-state index in [0.717, 1.165) is 49.4 Å². The van der Waals surface area contributed by atoms with Gasteiger partial charge in [-0.05, 0) is 98.5 Å². The van der Waals surface area contributed by atoms with Gasteiger partial charge in [0.25, 0.3) is 23.6 Å². The van der Waals surface area contributed by atoms with Crippen LogP contribution < -0.4 is 35.4 Å². The molecule has 1 aliphatic carbocycles. The number of carbonyl (C=O) groups is 6. The number of amides is 6. The van der Waals surface area contributed by atoms with Crippen molar-refractivity contribution in [2.24, 2.45) is 5.41 Å². The van der Waals surface area contributed by atoms with Crippen molar-refractivity contribution in [3.63, 3.8) is 0 Å². The minimum Gasteiger partial charge on any atom is -0.478 e. The van der Waals surface area contributed by atoms with Gasteiger partial charge in [0.05, 0.1) is 53.8 Å². The summed E-state index contributed by atoms with van der Waals surface area (Å²) >= 11 is 0. The number of carbonyl (C=O) groups excluding carboxylic acids is 6. The molecule has 6 amide bonds. The number of piperidine rings is 2. The van der Waals surface area contributed by atoms with E-state index < -0.39 is 36.3 Å². The average Bonchev–Trinajstić information content (AvgIpc) is 4.00. The summed E-state index contributed by atoms with van der Waals surface area (Å²) in [7, 11) is 1.50. The highest BCUT2D eigenvalue weighted by Crippen LogP contribution is 2.42. The number of pyridine rings is 1. The van der Waals surface area contributed by atoms with Crippen LogP contribution in [0.15, 0.2) is 73.6 Å². The lowest BCUT2D eigenvalue weighted by Crippen LogP contribution is -2.57. The highest BCUT2D eigenvalue weighted by Gasteiger charge is 2.47. The van der Waals surface area contributed by atoms with E-state index in [4.69, 9.17) is 9.72 Å². The number of nitrogens with one attached hydrogen (secondary N) is 3. The summed E-state index contributed by atoms with van der Waals surface area (Å²) in [5.74, 6) is -1.74. The summed E-state index contributed by atoms with van der Waals surface area (Å²) < 4.78 is 7.80. The van der Waals surface area contributed by atoms with E-state index in [1.165, 1.54) is 24.4 Å². The monoisotopic (exact) mass is 1020 g/mol. The van der Waals surface area contributed by atoms with Gasteiger partial charge >= 0.3 is 0 Å². The topological polar surface area (TPSA) is 228 Å². The molecule has 0 bridgehead atoms. The van der Waals surface area contributed by atoms with E-state index >= 15 is 0 Å². The summed E-state index contributed by atoms with van der Waals surface area (Å²) in [5.41, 5.74) is 7.89. The second-order valence-corrected chi connectivity index (χ2v) is 21.0. The lowest BCUT2D eigenvalue weighted by molar-refractivity contribution is -0.136. The number of fused-ring (bicyclic) bond motifs is 4. The molecule has 2 atom stereocenters. The van der Waals surface area contributed by atoms with Gasteiger partial charge in [0.2, 0.25) is 17.7 Å². The number of aliphatic hydroxyl groups excluding tert-OH is 1. The lowest BCUT2D eigenvalue weighted by Gasteiger charge is -2.47. The molecule has 5 aliphatic heterocycles. The van der Waals surface area contributed by atoms with Gasteiger partial charge in [-0.2, -0.15) is 0 Å². The Labute approximate surface area is 433 Å². The largest absolute Gasteiger partial charge is 0.478 e. The number of benzene rings is 2. The van der Waals surface area contributed by atoms with Crippen molar-refractivity contribution in [2.75, 3.05) is 71.7 Å². The summed E-state index contributed by atoms with van der Waals surface area (Å²) in [5, 5.41) is 19.5. The van der Waals surface area contributed by atoms with E-state index in [1.807, 2.05) is 30.3 Å². The zero-order chi connectivity index (χ0) is 52.4. The third kappa shape index (κ3) is 8.84. The van der Waals surface area contributed by atoms with Crippen molar-refractivity contribution < 1.29 is 38.6 Å². The van der Waals surface area contributed by atoms with E-state index in [9.17, 15) is 33.9 Å². The molecule has 20 heteroatoms. The maximum Gasteiger partial charge on any atom is 0.276 e. The molecular formula is C55H60N12O8. The number of nitrogens with zero attached hydrogens (tertiary/aromatic N) is 9. The van der Waals surface area contributed by atoms with Crippen LogP contribution in [0.2, 0.25) is 0 Å². The van der Waals surface area contributed by atoms with Crippen LogP contribution in [-0.4, -0.2) is 134 Å². The van der Waals surface area contributed by atoms with Crippen LogP contribution in [0.4, 0.5) is 34.4 Å². The molecule has 3 saturated heterocycles. The summed E-state index contributed by atoms with van der Waals surface area (Å²) in [6.07, 6.45) is 8.06. The SMILES string of the molecule is C=CC(=O)Nc1cc(Nc2nc(-c3ccnc(N4CCn5c(cc6c5CC(C)(C)C6)C4=O)c3CO)cnc2OC)ccc1N1CCN(C2CCN(c3cccc4c3C(=O)N(C3CCC(=O)NC3=O)C4=O)CC2)C[C@@H]1C. The molecule has 4 N–H and O–H groups in total. The molecule has 20 nitrogen and oxygen atoms in total. The number of piperazine rings is 1. The molecule has 2 aromatic carbocycles. The Balaban J connectivity index is 0.776. The van der Waals surface area contributed by atoms with Crippen molar-refractivity contribution >= 4 is 69.8 Å². The molecule has 0 saturated carbocycles. The second-order valence-electron chi connectivity index (χ2n) is 21.0. The molecule has 6 aliphatic rings. The van der Waals surface area contributed by atoms with E-state index in [2.05, 4.69) is 72.5 Å². The highest BCUT2D eigenvalue weighted by atomic mass is 16.5. The normalized spacial score (nSPS) is 20.7. The molecule has 388 valence electrons. The number of rotatable bonds is 12. The third-order valence-electron chi connectivity index (χ3n) is 15.7. The number of aromatic nitrogens is 4. The first kappa shape index (κ1) is 49.3. The fourth-order valence-electron chi connectivity index (χ4n) is 12.2. The number of hydrogen-bond acceptors (Lipinski definition) is 15. The van der Waals surface area contributed by atoms with Gasteiger partial charge in [-0.1, -0.05) is 26.5 Å². The fourth-order valence-corrected chi connectivity index (χ4v) is 12.2. The molecule has 0 radical (unpaired) electrons. The molecule has 1 unspecified atom stereocenters. The van der Waals surface area contributed by atoms with E-state index in [-0.39, 0.29) is 59.4 Å². The maximum atomic E-state index is 14.1. The van der Waals surface area contributed by atoms with Crippen LogP contribution in [0.3, 0.4) is 0 Å². The van der Waals surface area contributed by atoms with Crippen molar-refractivity contribution in [1.29, 1.82) is 0 Å². The Hall–Kier alpha value is -7.97. The maximum absolute atomic E-state index is 14.1. The van der Waals surface area contributed by atoms with Crippen LogP contribution in [-0.2, 0) is 40.4 Å². The standard InChI is InChI=1S/C55H60N12O8/c1-6-45(69)59-38-25-33(58-48-51(75-5)57-28-39(60-48)35-14-17-56-49(37(35)30-68)66-23-22-65-43(53(66)73)24-32-26-55(3,4)27-44(32)65)10-11-40(38)64-21-20-63(29-31(64)2)34-15-18-62(19-16-34)41-9-7-8-36-47(41)54(74)67(52(36)72)42-12-13-46(70)61-50(42)71/h6-11,14,17,24-25,28,31,34,42,68H,1,12-13,15-16,18-23,26-27,29-30H2,2-5H3,(H,58,60)(H,59,69)(H,61,70,71)/t31-,42?/m0/s1. The highest BCUT2D eigenvalue weighted by molar-refractivity contribution is 6.25. The first-order chi connectivity index (χ1) is 36.1. The van der Waals surface area contributed by atoms with Gasteiger partial charge in [0.1, 0.15) is 17.6 Å². The summed E-state index contributed by atoms with van der Waals surface area (Å²) in [6.45, 7) is 14.5. The first-order valence-electron chi connectivity index (χ1n) is 25.6. The van der Waals surface area contributed by atoms with Crippen LogP contribution in [0.1, 0.15) is 94.5 Å². The molecule has 3 aromatic heterocycles.